The van der Waals surface area contributed by atoms with Crippen molar-refractivity contribution in [1.29, 1.82) is 0 Å². The largest absolute Gasteiger partial charge is 0.374 e. The number of rotatable bonds is 3. The van der Waals surface area contributed by atoms with Crippen LogP contribution in [-0.2, 0) is 4.74 Å². The van der Waals surface area contributed by atoms with E-state index in [1.807, 2.05) is 4.90 Å². The molecule has 24 heavy (non-hydrogen) atoms. The number of amides is 2. The number of carbonyl (C=O) groups excluding carboxylic acids is 2. The zero-order valence-electron chi connectivity index (χ0n) is 14.2. The van der Waals surface area contributed by atoms with E-state index in [2.05, 4.69) is 22.1 Å². The van der Waals surface area contributed by atoms with Crippen LogP contribution < -0.4 is 5.32 Å². The molecule has 2 aliphatic rings. The van der Waals surface area contributed by atoms with Gasteiger partial charge in [-0.15, -0.1) is 0 Å². The number of fused-ring (bicyclic) bond motifs is 1. The van der Waals surface area contributed by atoms with E-state index in [4.69, 9.17) is 4.74 Å². The van der Waals surface area contributed by atoms with E-state index in [1.54, 1.807) is 19.2 Å². The number of hydrogen-bond acceptors (Lipinski definition) is 5. The van der Waals surface area contributed by atoms with Crippen LogP contribution in [0, 0.1) is 0 Å². The highest BCUT2D eigenvalue weighted by atomic mass is 16.5. The van der Waals surface area contributed by atoms with Gasteiger partial charge in [-0.1, -0.05) is 6.92 Å². The second-order valence-electron chi connectivity index (χ2n) is 6.17. The highest BCUT2D eigenvalue weighted by Gasteiger charge is 2.39. The maximum absolute atomic E-state index is 12.9. The number of nitrogens with zero attached hydrogens (tertiary/aromatic N) is 3. The molecule has 3 heterocycles. The predicted octanol–water partition coefficient (Wildman–Crippen LogP) is 0.376. The molecule has 0 aliphatic carbocycles. The second kappa shape index (κ2) is 7.27. The molecular formula is C17H24N4O3. The molecule has 2 saturated heterocycles. The number of ether oxygens (including phenoxy) is 1. The Hall–Kier alpha value is -1.99. The molecule has 7 heteroatoms. The molecule has 0 bridgehead atoms. The van der Waals surface area contributed by atoms with E-state index >= 15 is 0 Å². The molecule has 3 rings (SSSR count). The van der Waals surface area contributed by atoms with E-state index < -0.39 is 0 Å². The summed E-state index contributed by atoms with van der Waals surface area (Å²) in [5.41, 5.74) is 0.820. The Bertz CT molecular complexity index is 604. The highest BCUT2D eigenvalue weighted by Crippen LogP contribution is 2.24. The Morgan fingerprint density at radius 2 is 2.21 bits per heavy atom. The lowest BCUT2D eigenvalue weighted by Crippen LogP contribution is -2.61. The van der Waals surface area contributed by atoms with Gasteiger partial charge in [-0.05, 0) is 25.1 Å². The van der Waals surface area contributed by atoms with Gasteiger partial charge in [0.15, 0.2) is 0 Å². The van der Waals surface area contributed by atoms with Crippen molar-refractivity contribution in [3.63, 3.8) is 0 Å². The third-order valence-electron chi connectivity index (χ3n) is 4.85. The number of pyridine rings is 1. The van der Waals surface area contributed by atoms with Gasteiger partial charge in [0.2, 0.25) is 0 Å². The fourth-order valence-electron chi connectivity index (χ4n) is 3.43. The van der Waals surface area contributed by atoms with Crippen molar-refractivity contribution in [3.8, 4) is 0 Å². The predicted molar refractivity (Wildman–Crippen MR) is 88.9 cm³/mol. The van der Waals surface area contributed by atoms with Crippen molar-refractivity contribution in [1.82, 2.24) is 20.1 Å². The maximum atomic E-state index is 12.9. The van der Waals surface area contributed by atoms with Crippen LogP contribution in [0.15, 0.2) is 18.3 Å². The molecule has 1 N–H and O–H groups in total. The van der Waals surface area contributed by atoms with Crippen molar-refractivity contribution in [2.75, 3.05) is 39.8 Å². The number of aromatic nitrogens is 1. The zero-order chi connectivity index (χ0) is 17.1. The van der Waals surface area contributed by atoms with Gasteiger partial charge in [0.25, 0.3) is 11.8 Å². The topological polar surface area (TPSA) is 74.8 Å². The molecule has 2 fully saturated rings. The number of hydrogen-bond donors (Lipinski definition) is 1. The Balaban J connectivity index is 1.76. The molecule has 0 saturated carbocycles. The molecule has 1 aromatic heterocycles. The number of morpholine rings is 1. The number of likely N-dealkylation sites (tertiary alicyclic amines) is 1. The summed E-state index contributed by atoms with van der Waals surface area (Å²) in [6, 6.07) is 3.34. The lowest BCUT2D eigenvalue weighted by atomic mass is 9.98. The monoisotopic (exact) mass is 332 g/mol. The Labute approximate surface area is 142 Å². The number of carbonyl (C=O) groups is 2. The lowest BCUT2D eigenvalue weighted by molar-refractivity contribution is -0.0896. The molecule has 2 aliphatic heterocycles. The van der Waals surface area contributed by atoms with Crippen LogP contribution in [0.4, 0.5) is 0 Å². The van der Waals surface area contributed by atoms with Crippen LogP contribution in [0.25, 0.3) is 0 Å². The summed E-state index contributed by atoms with van der Waals surface area (Å²) in [6.07, 6.45) is 2.55. The summed E-state index contributed by atoms with van der Waals surface area (Å²) in [7, 11) is 1.56. The van der Waals surface area contributed by atoms with Crippen LogP contribution in [0.5, 0.6) is 0 Å². The van der Waals surface area contributed by atoms with E-state index in [-0.39, 0.29) is 24.0 Å². The Morgan fingerprint density at radius 3 is 2.88 bits per heavy atom. The van der Waals surface area contributed by atoms with Gasteiger partial charge in [0.1, 0.15) is 5.69 Å². The molecule has 7 nitrogen and oxygen atoms in total. The van der Waals surface area contributed by atoms with Crippen LogP contribution in [0.1, 0.15) is 34.2 Å². The average molecular weight is 332 g/mol. The maximum Gasteiger partial charge on any atom is 0.269 e. The van der Waals surface area contributed by atoms with E-state index in [9.17, 15) is 9.59 Å². The fourth-order valence-corrected chi connectivity index (χ4v) is 3.43. The first-order valence-electron chi connectivity index (χ1n) is 8.47. The SMILES string of the molecule is CCN1CC[C@H]2OCCN(C(=O)c3ccc(C(=O)NC)nc3)[C@H]2C1. The minimum Gasteiger partial charge on any atom is -0.374 e. The van der Waals surface area contributed by atoms with Crippen molar-refractivity contribution in [3.05, 3.63) is 29.6 Å². The molecule has 0 unspecified atom stereocenters. The van der Waals surface area contributed by atoms with Crippen molar-refractivity contribution in [2.24, 2.45) is 0 Å². The third kappa shape index (κ3) is 3.27. The highest BCUT2D eigenvalue weighted by molar-refractivity contribution is 5.96. The second-order valence-corrected chi connectivity index (χ2v) is 6.17. The number of piperidine rings is 1. The average Bonchev–Trinajstić information content (AvgIpc) is 2.66. The first-order valence-corrected chi connectivity index (χ1v) is 8.47. The van der Waals surface area contributed by atoms with Crippen LogP contribution in [-0.4, -0.2) is 78.6 Å². The van der Waals surface area contributed by atoms with Crippen molar-refractivity contribution >= 4 is 11.8 Å². The van der Waals surface area contributed by atoms with Gasteiger partial charge in [-0.2, -0.15) is 0 Å². The normalized spacial score (nSPS) is 24.3. The van der Waals surface area contributed by atoms with Gasteiger partial charge < -0.3 is 19.9 Å². The molecule has 0 aromatic carbocycles. The first kappa shape index (κ1) is 16.9. The minimum atomic E-state index is -0.258. The summed E-state index contributed by atoms with van der Waals surface area (Å²) in [6.45, 7) is 6.14. The molecule has 1 aromatic rings. The molecular weight excluding hydrogens is 308 g/mol. The van der Waals surface area contributed by atoms with Gasteiger partial charge >= 0.3 is 0 Å². The summed E-state index contributed by atoms with van der Waals surface area (Å²) >= 11 is 0. The first-order chi connectivity index (χ1) is 11.6. The van der Waals surface area contributed by atoms with Gasteiger partial charge in [-0.3, -0.25) is 14.6 Å². The van der Waals surface area contributed by atoms with Crippen LogP contribution >= 0.6 is 0 Å². The quantitative estimate of drug-likeness (QED) is 0.866. The standard InChI is InChI=1S/C17H24N4O3/c1-3-20-7-6-15-14(11-20)21(8-9-24-15)17(23)12-4-5-13(19-10-12)16(22)18-2/h4-5,10,14-15H,3,6-9,11H2,1-2H3,(H,18,22)/t14-,15+/m0/s1. The molecule has 130 valence electrons. The van der Waals surface area contributed by atoms with Crippen LogP contribution in [0.2, 0.25) is 0 Å². The minimum absolute atomic E-state index is 0.0396. The summed E-state index contributed by atoms with van der Waals surface area (Å²) in [4.78, 5) is 32.8. The number of nitrogens with one attached hydrogen (secondary N) is 1. The van der Waals surface area contributed by atoms with Gasteiger partial charge in [0, 0.05) is 32.9 Å². The Kier molecular flexibility index (Phi) is 5.11. The van der Waals surface area contributed by atoms with Gasteiger partial charge in [-0.25, -0.2) is 0 Å². The fraction of sp³-hybridized carbons (Fsp3) is 0.588. The smallest absolute Gasteiger partial charge is 0.269 e. The van der Waals surface area contributed by atoms with Crippen molar-refractivity contribution < 1.29 is 14.3 Å². The Morgan fingerprint density at radius 1 is 1.38 bits per heavy atom. The van der Waals surface area contributed by atoms with E-state index in [1.165, 1.54) is 6.20 Å². The molecule has 0 radical (unpaired) electrons. The van der Waals surface area contributed by atoms with Crippen LogP contribution in [0.3, 0.4) is 0 Å². The number of likely N-dealkylation sites (N-methyl/N-ethyl adjacent to an activating group) is 1. The summed E-state index contributed by atoms with van der Waals surface area (Å²) < 4.78 is 5.87. The third-order valence-corrected chi connectivity index (χ3v) is 4.85. The van der Waals surface area contributed by atoms with Crippen molar-refractivity contribution in [2.45, 2.75) is 25.5 Å². The van der Waals surface area contributed by atoms with E-state index in [0.29, 0.717) is 24.4 Å². The summed E-state index contributed by atoms with van der Waals surface area (Å²) in [5.74, 6) is -0.298. The molecule has 2 atom stereocenters. The molecule has 2 amide bonds. The zero-order valence-corrected chi connectivity index (χ0v) is 14.2. The molecule has 0 spiro atoms. The summed E-state index contributed by atoms with van der Waals surface area (Å²) in [5, 5.41) is 2.52. The van der Waals surface area contributed by atoms with E-state index in [0.717, 1.165) is 26.1 Å². The lowest BCUT2D eigenvalue weighted by Gasteiger charge is -2.46. The van der Waals surface area contributed by atoms with Gasteiger partial charge in [0.05, 0.1) is 24.3 Å².